The molecular weight excluding hydrogens is 278 g/mol. The second kappa shape index (κ2) is 6.90. The van der Waals surface area contributed by atoms with Crippen LogP contribution in [0, 0.1) is 0 Å². The minimum Gasteiger partial charge on any atom is -0.468 e. The van der Waals surface area contributed by atoms with Gasteiger partial charge in [-0.1, -0.05) is 36.4 Å². The highest BCUT2D eigenvalue weighted by Gasteiger charge is 2.26. The highest BCUT2D eigenvalue weighted by molar-refractivity contribution is 5.85. The van der Waals surface area contributed by atoms with E-state index >= 15 is 0 Å². The van der Waals surface area contributed by atoms with Gasteiger partial charge in [-0.05, 0) is 35.2 Å². The van der Waals surface area contributed by atoms with Crippen LogP contribution < -0.4 is 5.32 Å². The van der Waals surface area contributed by atoms with E-state index in [1.807, 2.05) is 30.3 Å². The summed E-state index contributed by atoms with van der Waals surface area (Å²) >= 11 is 0. The summed E-state index contributed by atoms with van der Waals surface area (Å²) in [6, 6.07) is 13.9. The molecule has 2 aromatic rings. The smallest absolute Gasteiger partial charge is 0.327 e. The Morgan fingerprint density at radius 3 is 2.82 bits per heavy atom. The number of hydrogen-bond donors (Lipinski definition) is 1. The zero-order chi connectivity index (χ0) is 15.4. The molecule has 0 aliphatic carbocycles. The Morgan fingerprint density at radius 1 is 1.27 bits per heavy atom. The number of benzene rings is 2. The van der Waals surface area contributed by atoms with E-state index in [0.29, 0.717) is 6.61 Å². The second-order valence-electron chi connectivity index (χ2n) is 5.64. The van der Waals surface area contributed by atoms with E-state index in [2.05, 4.69) is 17.4 Å². The lowest BCUT2D eigenvalue weighted by atomic mass is 10.00. The van der Waals surface area contributed by atoms with Gasteiger partial charge in [-0.15, -0.1) is 0 Å². The van der Waals surface area contributed by atoms with E-state index in [1.54, 1.807) is 0 Å². The summed E-state index contributed by atoms with van der Waals surface area (Å²) in [6.45, 7) is 1.44. The van der Waals surface area contributed by atoms with Crippen molar-refractivity contribution in [1.82, 2.24) is 5.32 Å². The molecule has 1 heterocycles. The van der Waals surface area contributed by atoms with Gasteiger partial charge in [-0.2, -0.15) is 0 Å². The molecule has 4 nitrogen and oxygen atoms in total. The summed E-state index contributed by atoms with van der Waals surface area (Å²) in [6.07, 6.45) is 2.03. The number of rotatable bonds is 4. The highest BCUT2D eigenvalue weighted by Crippen LogP contribution is 2.23. The van der Waals surface area contributed by atoms with Gasteiger partial charge in [-0.25, -0.2) is 4.79 Å². The van der Waals surface area contributed by atoms with E-state index in [9.17, 15) is 4.79 Å². The molecule has 0 spiro atoms. The monoisotopic (exact) mass is 299 g/mol. The molecule has 1 aliphatic heterocycles. The molecule has 2 aromatic carbocycles. The summed E-state index contributed by atoms with van der Waals surface area (Å²) in [7, 11) is 1.43. The van der Waals surface area contributed by atoms with Gasteiger partial charge >= 0.3 is 5.97 Å². The Kier molecular flexibility index (Phi) is 4.71. The summed E-state index contributed by atoms with van der Waals surface area (Å²) in [5.41, 5.74) is 0.927. The maximum atomic E-state index is 12.2. The number of fused-ring (bicyclic) bond motifs is 1. The van der Waals surface area contributed by atoms with Crippen molar-refractivity contribution in [2.45, 2.75) is 24.9 Å². The van der Waals surface area contributed by atoms with Gasteiger partial charge < -0.3 is 9.47 Å². The topological polar surface area (TPSA) is 47.6 Å². The van der Waals surface area contributed by atoms with E-state index in [0.717, 1.165) is 35.8 Å². The van der Waals surface area contributed by atoms with E-state index in [-0.39, 0.29) is 12.0 Å². The maximum absolute atomic E-state index is 12.2. The van der Waals surface area contributed by atoms with Gasteiger partial charge in [-0.3, -0.25) is 5.32 Å². The van der Waals surface area contributed by atoms with Gasteiger partial charge in [0.2, 0.25) is 0 Å². The summed E-state index contributed by atoms with van der Waals surface area (Å²) < 4.78 is 10.5. The molecule has 0 unspecified atom stereocenters. The molecule has 3 rings (SSSR count). The molecule has 1 fully saturated rings. The van der Waals surface area contributed by atoms with E-state index in [1.165, 1.54) is 7.11 Å². The molecule has 1 saturated heterocycles. The molecule has 0 bridgehead atoms. The van der Waals surface area contributed by atoms with Crippen LogP contribution >= 0.6 is 0 Å². The fraction of sp³-hybridized carbons (Fsp3) is 0.389. The van der Waals surface area contributed by atoms with Crippen LogP contribution in [-0.4, -0.2) is 32.3 Å². The van der Waals surface area contributed by atoms with Crippen LogP contribution in [0.5, 0.6) is 0 Å². The molecule has 0 aromatic heterocycles. The van der Waals surface area contributed by atoms with Crippen LogP contribution in [0.2, 0.25) is 0 Å². The Bertz CT molecular complexity index is 650. The number of esters is 1. The summed E-state index contributed by atoms with van der Waals surface area (Å²) in [5, 5.41) is 5.67. The molecule has 1 N–H and O–H groups in total. The normalized spacial score (nSPS) is 19.8. The molecule has 0 saturated carbocycles. The molecule has 116 valence electrons. The van der Waals surface area contributed by atoms with Gasteiger partial charge in [0.1, 0.15) is 6.04 Å². The summed E-state index contributed by atoms with van der Waals surface area (Å²) in [5.74, 6) is -0.263. The van der Waals surface area contributed by atoms with Gasteiger partial charge in [0.15, 0.2) is 0 Å². The largest absolute Gasteiger partial charge is 0.468 e. The predicted octanol–water partition coefficient (Wildman–Crippen LogP) is 2.82. The predicted molar refractivity (Wildman–Crippen MR) is 85.7 cm³/mol. The van der Waals surface area contributed by atoms with Gasteiger partial charge in [0.05, 0.1) is 13.7 Å². The zero-order valence-corrected chi connectivity index (χ0v) is 12.7. The third-order valence-electron chi connectivity index (χ3n) is 4.11. The standard InChI is InChI=1S/C18H21NO3/c1-21-18(20)17(19-16-7-4-10-22-12-16)15-9-8-13-5-2-3-6-14(13)11-15/h2-3,5-6,8-9,11,16-17,19H,4,7,10,12H2,1H3/t16-,17+/m1/s1. The van der Waals surface area contributed by atoms with Crippen LogP contribution in [0.15, 0.2) is 42.5 Å². The maximum Gasteiger partial charge on any atom is 0.327 e. The molecule has 0 radical (unpaired) electrons. The van der Waals surface area contributed by atoms with Gasteiger partial charge in [0, 0.05) is 12.6 Å². The van der Waals surface area contributed by atoms with Crippen molar-refractivity contribution >= 4 is 16.7 Å². The van der Waals surface area contributed by atoms with Crippen LogP contribution in [0.4, 0.5) is 0 Å². The minimum absolute atomic E-state index is 0.185. The SMILES string of the molecule is COC(=O)[C@@H](N[C@@H]1CCCOC1)c1ccc2ccccc2c1. The number of methoxy groups -OCH3 is 1. The molecule has 1 aliphatic rings. The van der Waals surface area contributed by atoms with E-state index < -0.39 is 6.04 Å². The molecular formula is C18H21NO3. The Hall–Kier alpha value is -1.91. The molecule has 2 atom stereocenters. The number of hydrogen-bond acceptors (Lipinski definition) is 4. The van der Waals surface area contributed by atoms with Crippen molar-refractivity contribution in [3.05, 3.63) is 48.0 Å². The number of ether oxygens (including phenoxy) is 2. The lowest BCUT2D eigenvalue weighted by Crippen LogP contribution is -2.42. The van der Waals surface area contributed by atoms with Crippen LogP contribution in [0.25, 0.3) is 10.8 Å². The quantitative estimate of drug-likeness (QED) is 0.882. The van der Waals surface area contributed by atoms with Crippen molar-refractivity contribution in [3.63, 3.8) is 0 Å². The van der Waals surface area contributed by atoms with Crippen LogP contribution in [0.1, 0.15) is 24.4 Å². The van der Waals surface area contributed by atoms with Crippen molar-refractivity contribution < 1.29 is 14.3 Å². The fourth-order valence-electron chi connectivity index (χ4n) is 2.91. The average Bonchev–Trinajstić information content (AvgIpc) is 2.59. The third kappa shape index (κ3) is 3.29. The Labute approximate surface area is 130 Å². The number of nitrogens with one attached hydrogen (secondary N) is 1. The first-order valence-electron chi connectivity index (χ1n) is 7.68. The van der Waals surface area contributed by atoms with Crippen molar-refractivity contribution in [2.24, 2.45) is 0 Å². The first kappa shape index (κ1) is 15.0. The van der Waals surface area contributed by atoms with Crippen LogP contribution in [-0.2, 0) is 14.3 Å². The Balaban J connectivity index is 1.87. The molecule has 4 heteroatoms. The van der Waals surface area contributed by atoms with Gasteiger partial charge in [0.25, 0.3) is 0 Å². The van der Waals surface area contributed by atoms with Crippen LogP contribution in [0.3, 0.4) is 0 Å². The highest BCUT2D eigenvalue weighted by atomic mass is 16.5. The first-order chi connectivity index (χ1) is 10.8. The first-order valence-corrected chi connectivity index (χ1v) is 7.68. The summed E-state index contributed by atoms with van der Waals surface area (Å²) in [4.78, 5) is 12.2. The minimum atomic E-state index is -0.457. The Morgan fingerprint density at radius 2 is 2.09 bits per heavy atom. The third-order valence-corrected chi connectivity index (χ3v) is 4.11. The van der Waals surface area contributed by atoms with Crippen molar-refractivity contribution in [2.75, 3.05) is 20.3 Å². The molecule has 22 heavy (non-hydrogen) atoms. The van der Waals surface area contributed by atoms with Crippen molar-refractivity contribution in [1.29, 1.82) is 0 Å². The van der Waals surface area contributed by atoms with E-state index in [4.69, 9.17) is 9.47 Å². The lowest BCUT2D eigenvalue weighted by molar-refractivity contribution is -0.143. The lowest BCUT2D eigenvalue weighted by Gasteiger charge is -2.27. The average molecular weight is 299 g/mol. The van der Waals surface area contributed by atoms with Crippen molar-refractivity contribution in [3.8, 4) is 0 Å². The number of carbonyl (C=O) groups is 1. The fourth-order valence-corrected chi connectivity index (χ4v) is 2.91. The zero-order valence-electron chi connectivity index (χ0n) is 12.7. The molecule has 0 amide bonds. The second-order valence-corrected chi connectivity index (χ2v) is 5.64. The number of carbonyl (C=O) groups excluding carboxylic acids is 1.